The summed E-state index contributed by atoms with van der Waals surface area (Å²) in [6.07, 6.45) is 2.59. The summed E-state index contributed by atoms with van der Waals surface area (Å²) in [7, 11) is -4.28. The van der Waals surface area contributed by atoms with Gasteiger partial charge in [-0.3, -0.25) is 9.69 Å². The van der Waals surface area contributed by atoms with Crippen LogP contribution >= 0.6 is 0 Å². The molecule has 0 aromatic carbocycles. The van der Waals surface area contributed by atoms with E-state index >= 15 is 0 Å². The first-order chi connectivity index (χ1) is 20.0. The molecule has 0 bridgehead atoms. The van der Waals surface area contributed by atoms with E-state index in [4.69, 9.17) is 4.98 Å². The monoisotopic (exact) mass is 613 g/mol. The third-order valence-electron chi connectivity index (χ3n) is 8.17. The van der Waals surface area contributed by atoms with Gasteiger partial charge in [0.25, 0.3) is 15.9 Å². The van der Waals surface area contributed by atoms with Gasteiger partial charge in [-0.25, -0.2) is 19.5 Å². The summed E-state index contributed by atoms with van der Waals surface area (Å²) in [5.41, 5.74) is -0.0995. The molecular formula is C31H47N7O4S. The molecule has 2 atom stereocenters. The smallest absolute Gasteiger partial charge is 0.325 e. The number of nitrogens with zero attached hydrogens (tertiary/aromatic N) is 5. The van der Waals surface area contributed by atoms with Crippen LogP contribution in [-0.2, 0) is 10.0 Å². The summed E-state index contributed by atoms with van der Waals surface area (Å²) in [5, 5.41) is 2.91. The van der Waals surface area contributed by atoms with Gasteiger partial charge in [0.1, 0.15) is 17.5 Å². The number of anilines is 3. The molecule has 2 aromatic rings. The first-order valence-electron chi connectivity index (χ1n) is 15.2. The van der Waals surface area contributed by atoms with E-state index in [1.807, 2.05) is 18.7 Å². The maximum atomic E-state index is 13.7. The number of aromatic nitrogens is 2. The lowest BCUT2D eigenvalue weighted by Gasteiger charge is -2.34. The summed E-state index contributed by atoms with van der Waals surface area (Å²) in [4.78, 5) is 41.6. The van der Waals surface area contributed by atoms with E-state index in [1.54, 1.807) is 29.2 Å². The summed E-state index contributed by atoms with van der Waals surface area (Å²) < 4.78 is 28.8. The fourth-order valence-corrected chi connectivity index (χ4v) is 6.57. The minimum Gasteiger partial charge on any atom is -0.368 e. The van der Waals surface area contributed by atoms with Crippen LogP contribution in [0.25, 0.3) is 0 Å². The Bertz CT molecular complexity index is 1450. The van der Waals surface area contributed by atoms with Gasteiger partial charge in [0.15, 0.2) is 5.03 Å². The Hall–Kier alpha value is -3.41. The molecule has 2 saturated heterocycles. The minimum absolute atomic E-state index is 0.103. The van der Waals surface area contributed by atoms with Gasteiger partial charge in [-0.2, -0.15) is 8.42 Å². The first-order valence-corrected chi connectivity index (χ1v) is 16.6. The van der Waals surface area contributed by atoms with Gasteiger partial charge in [-0.1, -0.05) is 40.7 Å². The van der Waals surface area contributed by atoms with Crippen molar-refractivity contribution in [3.05, 3.63) is 35.9 Å². The molecule has 0 radical (unpaired) electrons. The summed E-state index contributed by atoms with van der Waals surface area (Å²) in [6, 6.07) is 7.81. The van der Waals surface area contributed by atoms with Crippen molar-refractivity contribution in [3.63, 3.8) is 0 Å². The Kier molecular flexibility index (Phi) is 9.30. The minimum atomic E-state index is -4.28. The number of hydrogen-bond acceptors (Lipinski definition) is 8. The second kappa shape index (κ2) is 12.3. The van der Waals surface area contributed by atoms with Gasteiger partial charge >= 0.3 is 6.03 Å². The number of carbonyl (C=O) groups excluding carboxylic acids is 2. The maximum absolute atomic E-state index is 13.7. The number of hydrogen-bond donors (Lipinski definition) is 2. The molecule has 3 amide bonds. The van der Waals surface area contributed by atoms with Crippen molar-refractivity contribution in [2.45, 2.75) is 91.3 Å². The van der Waals surface area contributed by atoms with Crippen molar-refractivity contribution in [1.29, 1.82) is 0 Å². The van der Waals surface area contributed by atoms with Crippen molar-refractivity contribution < 1.29 is 18.0 Å². The average molecular weight is 614 g/mol. The number of rotatable bonds is 10. The van der Waals surface area contributed by atoms with E-state index in [1.165, 1.54) is 6.07 Å². The molecule has 2 fully saturated rings. The first kappa shape index (κ1) is 32.5. The lowest BCUT2D eigenvalue weighted by molar-refractivity contribution is 0.0981. The van der Waals surface area contributed by atoms with Gasteiger partial charge in [0.05, 0.1) is 5.56 Å². The van der Waals surface area contributed by atoms with Crippen LogP contribution in [0.1, 0.15) is 85.0 Å². The number of carbonyl (C=O) groups is 2. The third kappa shape index (κ3) is 7.57. The number of pyridine rings is 2. The predicted octanol–water partition coefficient (Wildman–Crippen LogP) is 5.11. The van der Waals surface area contributed by atoms with Crippen LogP contribution in [0.3, 0.4) is 0 Å². The highest BCUT2D eigenvalue weighted by atomic mass is 32.2. The molecule has 12 heteroatoms. The van der Waals surface area contributed by atoms with E-state index in [2.05, 4.69) is 61.5 Å². The second-order valence-corrected chi connectivity index (χ2v) is 15.4. The van der Waals surface area contributed by atoms with Crippen molar-refractivity contribution in [2.75, 3.05) is 41.3 Å². The summed E-state index contributed by atoms with van der Waals surface area (Å²) in [5.74, 6) is 0.757. The van der Waals surface area contributed by atoms with Crippen molar-refractivity contribution in [3.8, 4) is 0 Å². The van der Waals surface area contributed by atoms with Gasteiger partial charge in [-0.05, 0) is 75.6 Å². The molecule has 2 N–H and O–H groups in total. The van der Waals surface area contributed by atoms with Crippen LogP contribution < -0.4 is 19.8 Å². The van der Waals surface area contributed by atoms with Crippen molar-refractivity contribution >= 4 is 39.4 Å². The van der Waals surface area contributed by atoms with E-state index in [-0.39, 0.29) is 33.6 Å². The quantitative estimate of drug-likeness (QED) is 0.379. The zero-order valence-electron chi connectivity index (χ0n) is 26.8. The molecular weight excluding hydrogens is 566 g/mol. The van der Waals surface area contributed by atoms with Crippen LogP contribution in [-0.4, -0.2) is 73.0 Å². The van der Waals surface area contributed by atoms with Gasteiger partial charge in [0, 0.05) is 37.8 Å². The summed E-state index contributed by atoms with van der Waals surface area (Å²) >= 11 is 0. The molecule has 236 valence electrons. The molecule has 2 aliphatic heterocycles. The summed E-state index contributed by atoms with van der Waals surface area (Å²) in [6.45, 7) is 19.1. The van der Waals surface area contributed by atoms with Crippen LogP contribution in [0.5, 0.6) is 0 Å². The molecule has 1 unspecified atom stereocenters. The zero-order valence-corrected chi connectivity index (χ0v) is 27.6. The number of amides is 3. The zero-order chi connectivity index (χ0) is 31.7. The van der Waals surface area contributed by atoms with Crippen molar-refractivity contribution in [1.82, 2.24) is 19.6 Å². The maximum Gasteiger partial charge on any atom is 0.325 e. The normalized spacial score (nSPS) is 19.6. The third-order valence-corrected chi connectivity index (χ3v) is 9.40. The van der Waals surface area contributed by atoms with Crippen LogP contribution in [0, 0.1) is 11.3 Å². The molecule has 2 aliphatic rings. The highest BCUT2D eigenvalue weighted by Gasteiger charge is 2.40. The highest BCUT2D eigenvalue weighted by molar-refractivity contribution is 7.90. The number of sulfonamides is 1. The van der Waals surface area contributed by atoms with Gasteiger partial charge in [0.2, 0.25) is 0 Å². The van der Waals surface area contributed by atoms with Crippen molar-refractivity contribution in [2.24, 2.45) is 11.3 Å². The van der Waals surface area contributed by atoms with Crippen LogP contribution in [0.15, 0.2) is 35.4 Å². The standard InChI is InChI=1S/C31H47N7O4S/c1-9-22(3)32-24-11-10-12-26(33-24)43(41,42)35-28(39)23-13-14-25(34-27(23)38-20-21(2)19-31(38,7)8)37-18-17-36(29(37)40)16-15-30(4,5)6/h10-14,21-22H,9,15-20H2,1-8H3,(H,32,33)(H,35,39)/t21?,22-/m0/s1. The molecule has 43 heavy (non-hydrogen) atoms. The topological polar surface area (TPSA) is 128 Å². The van der Waals surface area contributed by atoms with Crippen LogP contribution in [0.2, 0.25) is 0 Å². The Morgan fingerprint density at radius 3 is 2.49 bits per heavy atom. The van der Waals surface area contributed by atoms with E-state index in [0.717, 1.165) is 19.3 Å². The Balaban J connectivity index is 1.64. The lowest BCUT2D eigenvalue weighted by Crippen LogP contribution is -2.41. The van der Waals surface area contributed by atoms with E-state index in [0.29, 0.717) is 49.6 Å². The average Bonchev–Trinajstić information content (AvgIpc) is 3.42. The fraction of sp³-hybridized carbons (Fsp3) is 0.613. The Labute approximate surface area is 256 Å². The van der Waals surface area contributed by atoms with E-state index < -0.39 is 15.9 Å². The molecule has 2 aromatic heterocycles. The predicted molar refractivity (Wildman–Crippen MR) is 170 cm³/mol. The number of nitrogens with one attached hydrogen (secondary N) is 2. The Morgan fingerprint density at radius 2 is 1.86 bits per heavy atom. The van der Waals surface area contributed by atoms with Gasteiger partial charge in [-0.15, -0.1) is 0 Å². The molecule has 4 heterocycles. The molecule has 0 saturated carbocycles. The lowest BCUT2D eigenvalue weighted by atomic mass is 9.92. The van der Waals surface area contributed by atoms with Crippen LogP contribution in [0.4, 0.5) is 22.2 Å². The SMILES string of the molecule is CC[C@H](C)Nc1cccc(S(=O)(=O)NC(=O)c2ccc(N3CCN(CCC(C)(C)C)C3=O)nc2N2CC(C)CC2(C)C)n1. The van der Waals surface area contributed by atoms with Gasteiger partial charge < -0.3 is 15.1 Å². The number of urea groups is 1. The molecule has 11 nitrogen and oxygen atoms in total. The molecule has 4 rings (SSSR count). The molecule has 0 aliphatic carbocycles. The Morgan fingerprint density at radius 1 is 1.14 bits per heavy atom. The largest absolute Gasteiger partial charge is 0.368 e. The molecule has 0 spiro atoms. The fourth-order valence-electron chi connectivity index (χ4n) is 5.63. The highest BCUT2D eigenvalue weighted by Crippen LogP contribution is 2.38. The second-order valence-electron chi connectivity index (χ2n) is 13.8. The van der Waals surface area contributed by atoms with E-state index in [9.17, 15) is 18.0 Å².